The number of aryl methyl sites for hydroxylation is 1. The van der Waals surface area contributed by atoms with Crippen LogP contribution >= 0.6 is 0 Å². The van der Waals surface area contributed by atoms with Gasteiger partial charge in [-0.15, -0.1) is 0 Å². The predicted octanol–water partition coefficient (Wildman–Crippen LogP) is 2.61. The number of benzene rings is 1. The Morgan fingerprint density at radius 3 is 2.62 bits per heavy atom. The third-order valence-corrected chi connectivity index (χ3v) is 5.56. The summed E-state index contributed by atoms with van der Waals surface area (Å²) in [6.07, 6.45) is 6.32. The summed E-state index contributed by atoms with van der Waals surface area (Å²) in [5, 5.41) is 15.8. The quantitative estimate of drug-likeness (QED) is 0.334. The van der Waals surface area contributed by atoms with Crippen molar-refractivity contribution < 1.29 is 9.59 Å². The van der Waals surface area contributed by atoms with E-state index in [1.807, 2.05) is 0 Å². The first kappa shape index (κ1) is 20.0. The highest BCUT2D eigenvalue weighted by molar-refractivity contribution is 6.14. The van der Waals surface area contributed by atoms with Gasteiger partial charge in [0, 0.05) is 11.6 Å². The third kappa shape index (κ3) is 3.98. The molecule has 3 aromatic rings. The Kier molecular flexibility index (Phi) is 4.96. The molecule has 1 aliphatic carbocycles. The van der Waals surface area contributed by atoms with E-state index in [2.05, 4.69) is 74.4 Å². The second kappa shape index (κ2) is 7.95. The number of carbonyl (C=O) groups is 2. The molecule has 32 heavy (non-hydrogen) atoms. The average Bonchev–Trinajstić information content (AvgIpc) is 3.42. The van der Waals surface area contributed by atoms with E-state index in [-0.39, 0.29) is 11.7 Å². The van der Waals surface area contributed by atoms with Crippen molar-refractivity contribution in [1.82, 2.24) is 30.2 Å². The summed E-state index contributed by atoms with van der Waals surface area (Å²) in [7, 11) is 0. The Morgan fingerprint density at radius 1 is 1.19 bits per heavy atom. The van der Waals surface area contributed by atoms with Crippen molar-refractivity contribution in [1.29, 1.82) is 0 Å². The van der Waals surface area contributed by atoms with E-state index in [4.69, 9.17) is 0 Å². The Hall–Kier alpha value is -3.95. The summed E-state index contributed by atoms with van der Waals surface area (Å²) in [5.41, 5.74) is 3.69. The Balaban J connectivity index is 1.49. The molecule has 1 unspecified atom stereocenters. The maximum atomic E-state index is 11.9. The monoisotopic (exact) mass is 432 g/mol. The molecule has 0 spiro atoms. The summed E-state index contributed by atoms with van der Waals surface area (Å²) in [4.78, 5) is 32.7. The van der Waals surface area contributed by atoms with Crippen LogP contribution in [0, 0.1) is 0 Å². The van der Waals surface area contributed by atoms with Gasteiger partial charge in [0.25, 0.3) is 5.91 Å². The lowest BCUT2D eigenvalue weighted by Crippen LogP contribution is -2.22. The standard InChI is InChI=1S/C22H24N8O2/c1-3-13-4-6-14(7-5-13)12(2)24-20-27-18-15(10-17-19(31)28-22(32)26-17)11-23-30(18)21(29-20)25-16-8-9-16/h4-7,10-12,16H,3,8-9H2,1-2H3,(H2,24,25,27,29)(H2,26,28,31,32)/b17-10-. The van der Waals surface area contributed by atoms with E-state index >= 15 is 0 Å². The minimum atomic E-state index is -0.547. The number of imide groups is 1. The average molecular weight is 432 g/mol. The van der Waals surface area contributed by atoms with Crippen LogP contribution in [0.3, 0.4) is 0 Å². The highest BCUT2D eigenvalue weighted by Gasteiger charge is 2.26. The maximum Gasteiger partial charge on any atom is 0.326 e. The SMILES string of the molecule is CCc1ccc(C(C)Nc2nc(NC3CC3)n3ncc(/C=C4\NC(=O)NC4=O)c3n2)cc1. The summed E-state index contributed by atoms with van der Waals surface area (Å²) >= 11 is 0. The highest BCUT2D eigenvalue weighted by Crippen LogP contribution is 2.26. The lowest BCUT2D eigenvalue weighted by Gasteiger charge is -2.16. The van der Waals surface area contributed by atoms with Gasteiger partial charge in [-0.25, -0.2) is 4.79 Å². The summed E-state index contributed by atoms with van der Waals surface area (Å²) in [5.74, 6) is 0.549. The molecule has 1 saturated heterocycles. The number of hydrogen-bond acceptors (Lipinski definition) is 7. The zero-order valence-corrected chi connectivity index (χ0v) is 17.8. The highest BCUT2D eigenvalue weighted by atomic mass is 16.2. The molecular weight excluding hydrogens is 408 g/mol. The van der Waals surface area contributed by atoms with Crippen LogP contribution in [0.5, 0.6) is 0 Å². The molecule has 1 aromatic carbocycles. The lowest BCUT2D eigenvalue weighted by molar-refractivity contribution is -0.115. The van der Waals surface area contributed by atoms with Gasteiger partial charge in [-0.3, -0.25) is 10.1 Å². The van der Waals surface area contributed by atoms with Crippen LogP contribution in [-0.4, -0.2) is 37.6 Å². The predicted molar refractivity (Wildman–Crippen MR) is 120 cm³/mol. The molecule has 2 fully saturated rings. The van der Waals surface area contributed by atoms with Gasteiger partial charge < -0.3 is 16.0 Å². The van der Waals surface area contributed by atoms with Crippen LogP contribution in [0.4, 0.5) is 16.7 Å². The second-order valence-electron chi connectivity index (χ2n) is 8.05. The van der Waals surface area contributed by atoms with Crippen molar-refractivity contribution in [3.05, 3.63) is 52.8 Å². The number of urea groups is 1. The Bertz CT molecular complexity index is 1230. The summed E-state index contributed by atoms with van der Waals surface area (Å²) < 4.78 is 1.62. The molecule has 2 aromatic heterocycles. The maximum absolute atomic E-state index is 11.9. The molecule has 10 nitrogen and oxygen atoms in total. The van der Waals surface area contributed by atoms with Gasteiger partial charge in [0.05, 0.1) is 12.2 Å². The number of amides is 3. The Labute approximate surface area is 184 Å². The molecule has 10 heteroatoms. The van der Waals surface area contributed by atoms with E-state index in [0.717, 1.165) is 24.8 Å². The van der Waals surface area contributed by atoms with Crippen molar-refractivity contribution in [2.24, 2.45) is 0 Å². The molecule has 4 N–H and O–H groups in total. The van der Waals surface area contributed by atoms with Crippen molar-refractivity contribution >= 4 is 35.6 Å². The molecular formula is C22H24N8O2. The third-order valence-electron chi connectivity index (χ3n) is 5.56. The first-order valence-corrected chi connectivity index (χ1v) is 10.7. The van der Waals surface area contributed by atoms with Crippen LogP contribution in [0.25, 0.3) is 11.7 Å². The second-order valence-corrected chi connectivity index (χ2v) is 8.05. The van der Waals surface area contributed by atoms with E-state index < -0.39 is 11.9 Å². The number of nitrogens with zero attached hydrogens (tertiary/aromatic N) is 4. The number of aromatic nitrogens is 4. The molecule has 2 aliphatic rings. The van der Waals surface area contributed by atoms with Crippen LogP contribution < -0.4 is 21.3 Å². The minimum absolute atomic E-state index is 0.0123. The smallest absolute Gasteiger partial charge is 0.326 e. The number of hydrogen-bond donors (Lipinski definition) is 4. The van der Waals surface area contributed by atoms with Crippen LogP contribution in [-0.2, 0) is 11.2 Å². The van der Waals surface area contributed by atoms with Gasteiger partial charge in [-0.05, 0) is 43.4 Å². The van der Waals surface area contributed by atoms with Crippen molar-refractivity contribution in [2.75, 3.05) is 10.6 Å². The largest absolute Gasteiger partial charge is 0.351 e. The van der Waals surface area contributed by atoms with Crippen molar-refractivity contribution in [3.63, 3.8) is 0 Å². The molecule has 5 rings (SSSR count). The van der Waals surface area contributed by atoms with Crippen LogP contribution in [0.1, 0.15) is 49.4 Å². The molecule has 0 bridgehead atoms. The number of carbonyl (C=O) groups excluding carboxylic acids is 2. The van der Waals surface area contributed by atoms with E-state index in [1.165, 1.54) is 5.56 Å². The van der Waals surface area contributed by atoms with Gasteiger partial charge in [-0.2, -0.15) is 19.6 Å². The van der Waals surface area contributed by atoms with Crippen molar-refractivity contribution in [3.8, 4) is 0 Å². The first-order valence-electron chi connectivity index (χ1n) is 10.7. The molecule has 164 valence electrons. The van der Waals surface area contributed by atoms with E-state index in [0.29, 0.717) is 29.1 Å². The number of nitrogens with one attached hydrogen (secondary N) is 4. The van der Waals surface area contributed by atoms with E-state index in [1.54, 1.807) is 16.8 Å². The normalized spacial score (nSPS) is 18.0. The molecule has 1 aliphatic heterocycles. The fourth-order valence-corrected chi connectivity index (χ4v) is 3.52. The fraction of sp³-hybridized carbons (Fsp3) is 0.318. The molecule has 1 atom stereocenters. The van der Waals surface area contributed by atoms with Gasteiger partial charge >= 0.3 is 6.03 Å². The van der Waals surface area contributed by atoms with Crippen LogP contribution in [0.2, 0.25) is 0 Å². The topological polar surface area (TPSA) is 125 Å². The summed E-state index contributed by atoms with van der Waals surface area (Å²) in [6, 6.07) is 8.27. The fourth-order valence-electron chi connectivity index (χ4n) is 3.52. The zero-order valence-electron chi connectivity index (χ0n) is 17.8. The number of rotatable bonds is 7. The van der Waals surface area contributed by atoms with Crippen LogP contribution in [0.15, 0.2) is 36.2 Å². The zero-order chi connectivity index (χ0) is 22.2. The molecule has 1 saturated carbocycles. The van der Waals surface area contributed by atoms with E-state index in [9.17, 15) is 9.59 Å². The van der Waals surface area contributed by atoms with Crippen molar-refractivity contribution in [2.45, 2.75) is 45.2 Å². The number of fused-ring (bicyclic) bond motifs is 1. The van der Waals surface area contributed by atoms with Gasteiger partial charge in [0.2, 0.25) is 11.9 Å². The molecule has 3 heterocycles. The summed E-state index contributed by atoms with van der Waals surface area (Å²) in [6.45, 7) is 4.19. The first-order chi connectivity index (χ1) is 15.5. The number of anilines is 2. The Morgan fingerprint density at radius 2 is 1.97 bits per heavy atom. The lowest BCUT2D eigenvalue weighted by atomic mass is 10.1. The van der Waals surface area contributed by atoms with Gasteiger partial charge in [-0.1, -0.05) is 31.2 Å². The molecule has 3 amide bonds. The molecule has 0 radical (unpaired) electrons. The van der Waals surface area contributed by atoms with Gasteiger partial charge in [0.15, 0.2) is 5.65 Å². The van der Waals surface area contributed by atoms with Gasteiger partial charge in [0.1, 0.15) is 5.70 Å². The minimum Gasteiger partial charge on any atom is -0.351 e.